The van der Waals surface area contributed by atoms with Crippen molar-refractivity contribution >= 4 is 11.5 Å². The van der Waals surface area contributed by atoms with Crippen molar-refractivity contribution in [3.05, 3.63) is 42.0 Å². The van der Waals surface area contributed by atoms with Crippen molar-refractivity contribution in [2.45, 2.75) is 52.4 Å². The minimum absolute atomic E-state index is 0.113. The van der Waals surface area contributed by atoms with Crippen molar-refractivity contribution in [3.8, 4) is 0 Å². The largest absolute Gasteiger partial charge is 0.353 e. The van der Waals surface area contributed by atoms with Crippen LogP contribution in [-0.4, -0.2) is 22.4 Å². The lowest BCUT2D eigenvalue weighted by Gasteiger charge is -2.57. The highest BCUT2D eigenvalue weighted by atomic mass is 16.1. The molecule has 1 N–H and O–H groups in total. The van der Waals surface area contributed by atoms with Gasteiger partial charge in [0.25, 0.3) is 0 Å². The van der Waals surface area contributed by atoms with Gasteiger partial charge in [0.05, 0.1) is 0 Å². The SMILES string of the molecule is C[C@]12CCNC(=O)C=C1CC[C@@H]1C2CC[C@]2(C)C(c3cncnc3)=CC[C@@H]12. The molecule has 1 aromatic heterocycles. The molecule has 4 heteroatoms. The van der Waals surface area contributed by atoms with Gasteiger partial charge in [-0.1, -0.05) is 25.5 Å². The zero-order chi connectivity index (χ0) is 18.6. The molecule has 142 valence electrons. The molecule has 3 aliphatic carbocycles. The fourth-order valence-electron chi connectivity index (χ4n) is 7.02. The first-order valence-corrected chi connectivity index (χ1v) is 10.5. The Hall–Kier alpha value is -1.97. The van der Waals surface area contributed by atoms with Gasteiger partial charge >= 0.3 is 0 Å². The Morgan fingerprint density at radius 1 is 1.07 bits per heavy atom. The first-order valence-electron chi connectivity index (χ1n) is 10.5. The number of nitrogens with zero attached hydrogens (tertiary/aromatic N) is 2. The van der Waals surface area contributed by atoms with Crippen molar-refractivity contribution < 1.29 is 4.79 Å². The molecule has 5 atom stereocenters. The molecule has 4 nitrogen and oxygen atoms in total. The van der Waals surface area contributed by atoms with Crippen LogP contribution in [0.2, 0.25) is 0 Å². The van der Waals surface area contributed by atoms with E-state index >= 15 is 0 Å². The highest BCUT2D eigenvalue weighted by Gasteiger charge is 2.56. The quantitative estimate of drug-likeness (QED) is 0.815. The molecule has 0 saturated heterocycles. The Morgan fingerprint density at radius 3 is 2.70 bits per heavy atom. The summed E-state index contributed by atoms with van der Waals surface area (Å²) >= 11 is 0. The summed E-state index contributed by atoms with van der Waals surface area (Å²) in [6.45, 7) is 5.73. The maximum Gasteiger partial charge on any atom is 0.243 e. The van der Waals surface area contributed by atoms with Crippen LogP contribution in [0, 0.1) is 28.6 Å². The van der Waals surface area contributed by atoms with E-state index in [1.54, 1.807) is 6.33 Å². The normalized spacial score (nSPS) is 40.7. The summed E-state index contributed by atoms with van der Waals surface area (Å²) in [5.74, 6) is 2.26. The first kappa shape index (κ1) is 17.2. The van der Waals surface area contributed by atoms with E-state index in [-0.39, 0.29) is 16.7 Å². The minimum Gasteiger partial charge on any atom is -0.353 e. The van der Waals surface area contributed by atoms with Crippen LogP contribution in [0.5, 0.6) is 0 Å². The van der Waals surface area contributed by atoms with Crippen LogP contribution < -0.4 is 5.32 Å². The maximum atomic E-state index is 12.1. The number of aromatic nitrogens is 2. The van der Waals surface area contributed by atoms with E-state index in [4.69, 9.17) is 0 Å². The molecule has 2 saturated carbocycles. The summed E-state index contributed by atoms with van der Waals surface area (Å²) in [7, 11) is 0. The van der Waals surface area contributed by atoms with Crippen molar-refractivity contribution in [3.63, 3.8) is 0 Å². The van der Waals surface area contributed by atoms with Gasteiger partial charge in [0, 0.05) is 30.6 Å². The van der Waals surface area contributed by atoms with Crippen LogP contribution in [0.3, 0.4) is 0 Å². The molecule has 0 radical (unpaired) electrons. The number of nitrogens with one attached hydrogen (secondary N) is 1. The van der Waals surface area contributed by atoms with Gasteiger partial charge in [-0.15, -0.1) is 0 Å². The standard InChI is InChI=1S/C23H29N3O/c1-22-9-10-26-21(27)11-16(22)3-4-17-19-6-5-18(15-12-24-14-25-13-15)23(19,2)8-7-20(17)22/h5,11-14,17,19-20H,3-4,6-10H2,1-2H3,(H,26,27)/t17-,19-,20?,22-,23+/m0/s1. The number of carbonyl (C=O) groups excluding carboxylic acids is 1. The van der Waals surface area contributed by atoms with E-state index in [1.165, 1.54) is 42.4 Å². The highest BCUT2D eigenvalue weighted by Crippen LogP contribution is 2.66. The van der Waals surface area contributed by atoms with Crippen molar-refractivity contribution in [1.29, 1.82) is 0 Å². The highest BCUT2D eigenvalue weighted by molar-refractivity contribution is 5.88. The van der Waals surface area contributed by atoms with Crippen LogP contribution in [-0.2, 0) is 4.79 Å². The van der Waals surface area contributed by atoms with Gasteiger partial charge in [-0.05, 0) is 72.7 Å². The molecule has 4 aliphatic rings. The van der Waals surface area contributed by atoms with Crippen LogP contribution in [0.15, 0.2) is 36.4 Å². The number of fused-ring (bicyclic) bond motifs is 5. The lowest BCUT2D eigenvalue weighted by atomic mass is 9.47. The van der Waals surface area contributed by atoms with Gasteiger partial charge in [0.1, 0.15) is 6.33 Å². The predicted octanol–water partition coefficient (Wildman–Crippen LogP) is 4.16. The summed E-state index contributed by atoms with van der Waals surface area (Å²) in [5, 5.41) is 3.06. The molecule has 1 aromatic rings. The molecular weight excluding hydrogens is 334 g/mol. The third-order valence-electron chi connectivity index (χ3n) is 8.44. The number of hydrogen-bond acceptors (Lipinski definition) is 3. The average Bonchev–Trinajstić information content (AvgIpc) is 2.93. The van der Waals surface area contributed by atoms with Gasteiger partial charge < -0.3 is 5.32 Å². The fraction of sp³-hybridized carbons (Fsp3) is 0.609. The van der Waals surface area contributed by atoms with Crippen LogP contribution in [0.25, 0.3) is 5.57 Å². The maximum absolute atomic E-state index is 12.1. The monoisotopic (exact) mass is 363 g/mol. The Balaban J connectivity index is 1.48. The number of amides is 1. The molecule has 1 aliphatic heterocycles. The molecule has 2 heterocycles. The van der Waals surface area contributed by atoms with Crippen molar-refractivity contribution in [2.24, 2.45) is 28.6 Å². The van der Waals surface area contributed by atoms with Crippen LogP contribution in [0.1, 0.15) is 57.9 Å². The van der Waals surface area contributed by atoms with Gasteiger partial charge in [0.15, 0.2) is 0 Å². The first-order chi connectivity index (χ1) is 13.0. The summed E-state index contributed by atoms with van der Waals surface area (Å²) < 4.78 is 0. The topological polar surface area (TPSA) is 54.9 Å². The number of allylic oxidation sites excluding steroid dienone is 3. The third-order valence-corrected chi connectivity index (χ3v) is 8.44. The number of rotatable bonds is 1. The van der Waals surface area contributed by atoms with Gasteiger partial charge in [-0.2, -0.15) is 0 Å². The van der Waals surface area contributed by atoms with Crippen LogP contribution in [0.4, 0.5) is 0 Å². The average molecular weight is 364 g/mol. The second-order valence-corrected chi connectivity index (χ2v) is 9.48. The number of hydrogen-bond donors (Lipinski definition) is 1. The third kappa shape index (κ3) is 2.45. The molecular formula is C23H29N3O. The molecule has 0 bridgehead atoms. The molecule has 1 unspecified atom stereocenters. The Bertz CT molecular complexity index is 829. The lowest BCUT2D eigenvalue weighted by Crippen LogP contribution is -2.49. The molecule has 27 heavy (non-hydrogen) atoms. The summed E-state index contributed by atoms with van der Waals surface area (Å²) in [5.41, 5.74) is 4.50. The van der Waals surface area contributed by atoms with E-state index < -0.39 is 0 Å². The lowest BCUT2D eigenvalue weighted by molar-refractivity contribution is -0.116. The molecule has 0 aromatic carbocycles. The fourth-order valence-corrected chi connectivity index (χ4v) is 7.02. The van der Waals surface area contributed by atoms with Crippen LogP contribution >= 0.6 is 0 Å². The minimum atomic E-state index is 0.113. The molecule has 2 fully saturated rings. The van der Waals surface area contributed by atoms with Gasteiger partial charge in [-0.25, -0.2) is 9.97 Å². The zero-order valence-electron chi connectivity index (χ0n) is 16.4. The predicted molar refractivity (Wildman–Crippen MR) is 105 cm³/mol. The molecule has 5 rings (SSSR count). The molecule has 0 spiro atoms. The Morgan fingerprint density at radius 2 is 1.89 bits per heavy atom. The van der Waals surface area contributed by atoms with Gasteiger partial charge in [0.2, 0.25) is 5.91 Å². The Kier molecular flexibility index (Phi) is 3.82. The van der Waals surface area contributed by atoms with E-state index in [0.29, 0.717) is 11.8 Å². The van der Waals surface area contributed by atoms with Gasteiger partial charge in [-0.3, -0.25) is 4.79 Å². The van der Waals surface area contributed by atoms with E-state index in [2.05, 4.69) is 35.2 Å². The summed E-state index contributed by atoms with van der Waals surface area (Å²) in [6.07, 6.45) is 17.0. The zero-order valence-corrected chi connectivity index (χ0v) is 16.4. The molecule has 1 amide bonds. The van der Waals surface area contributed by atoms with Crippen molar-refractivity contribution in [1.82, 2.24) is 15.3 Å². The number of carbonyl (C=O) groups is 1. The van der Waals surface area contributed by atoms with E-state index in [9.17, 15) is 4.79 Å². The summed E-state index contributed by atoms with van der Waals surface area (Å²) in [4.78, 5) is 20.6. The van der Waals surface area contributed by atoms with Crippen molar-refractivity contribution in [2.75, 3.05) is 6.54 Å². The van der Waals surface area contributed by atoms with E-state index in [1.807, 2.05) is 18.5 Å². The Labute approximate surface area is 161 Å². The smallest absolute Gasteiger partial charge is 0.243 e. The second kappa shape index (κ2) is 6.02. The second-order valence-electron chi connectivity index (χ2n) is 9.48. The van der Waals surface area contributed by atoms with E-state index in [0.717, 1.165) is 25.3 Å². The summed E-state index contributed by atoms with van der Waals surface area (Å²) in [6, 6.07) is 0.